The number of nitrogens with one attached hydrogen (secondary N) is 1. The Bertz CT molecular complexity index is 464. The highest BCUT2D eigenvalue weighted by Gasteiger charge is 2.16. The van der Waals surface area contributed by atoms with Gasteiger partial charge in [0.15, 0.2) is 0 Å². The molecule has 0 radical (unpaired) electrons. The van der Waals surface area contributed by atoms with Gasteiger partial charge in [-0.05, 0) is 62.9 Å². The predicted octanol–water partition coefficient (Wildman–Crippen LogP) is 2.91. The summed E-state index contributed by atoms with van der Waals surface area (Å²) in [5.41, 5.74) is 3.21. The van der Waals surface area contributed by atoms with Crippen molar-refractivity contribution < 1.29 is 4.79 Å². The van der Waals surface area contributed by atoms with Gasteiger partial charge in [-0.1, -0.05) is 12.5 Å². The minimum absolute atomic E-state index is 0.129. The van der Waals surface area contributed by atoms with Gasteiger partial charge in [0.1, 0.15) is 0 Å². The van der Waals surface area contributed by atoms with Crippen molar-refractivity contribution in [3.63, 3.8) is 0 Å². The summed E-state index contributed by atoms with van der Waals surface area (Å²) in [4.78, 5) is 14.2. The van der Waals surface area contributed by atoms with Crippen LogP contribution in [-0.4, -0.2) is 37.0 Å². The second kappa shape index (κ2) is 6.89. The van der Waals surface area contributed by atoms with E-state index in [2.05, 4.69) is 19.2 Å². The minimum Gasteiger partial charge on any atom is -0.342 e. The van der Waals surface area contributed by atoms with E-state index in [1.54, 1.807) is 0 Å². The second-order valence-electron chi connectivity index (χ2n) is 5.96. The van der Waals surface area contributed by atoms with Gasteiger partial charge in [-0.2, -0.15) is 0 Å². The van der Waals surface area contributed by atoms with E-state index in [0.29, 0.717) is 6.04 Å². The van der Waals surface area contributed by atoms with E-state index in [9.17, 15) is 4.79 Å². The Balaban J connectivity index is 1.89. The Morgan fingerprint density at radius 3 is 2.75 bits per heavy atom. The molecule has 1 saturated heterocycles. The molecule has 1 unspecified atom stereocenters. The zero-order valence-electron chi connectivity index (χ0n) is 12.9. The topological polar surface area (TPSA) is 32.3 Å². The molecule has 3 nitrogen and oxygen atoms in total. The van der Waals surface area contributed by atoms with Crippen LogP contribution in [-0.2, 0) is 0 Å². The number of hydrogen-bond donors (Lipinski definition) is 1. The highest BCUT2D eigenvalue weighted by molar-refractivity contribution is 5.94. The molecule has 20 heavy (non-hydrogen) atoms. The van der Waals surface area contributed by atoms with Gasteiger partial charge >= 0.3 is 0 Å². The molecule has 1 N–H and O–H groups in total. The molecule has 0 bridgehead atoms. The maximum absolute atomic E-state index is 12.4. The molecule has 1 aliphatic heterocycles. The summed E-state index contributed by atoms with van der Waals surface area (Å²) in [5.74, 6) is 0.129. The van der Waals surface area contributed by atoms with Crippen molar-refractivity contribution in [3.8, 4) is 0 Å². The lowest BCUT2D eigenvalue weighted by molar-refractivity contribution is 0.0788. The molecule has 1 aromatic carbocycles. The van der Waals surface area contributed by atoms with Gasteiger partial charge in [-0.25, -0.2) is 0 Å². The first-order valence-corrected chi connectivity index (χ1v) is 7.64. The normalized spacial score (nSPS) is 18.9. The summed E-state index contributed by atoms with van der Waals surface area (Å²) in [6, 6.07) is 6.53. The van der Waals surface area contributed by atoms with Crippen molar-refractivity contribution in [1.29, 1.82) is 0 Å². The Kier molecular flexibility index (Phi) is 5.18. The third-order valence-corrected chi connectivity index (χ3v) is 4.33. The first-order valence-electron chi connectivity index (χ1n) is 7.64. The lowest BCUT2D eigenvalue weighted by atomic mass is 10.0. The fraction of sp³-hybridized carbons (Fsp3) is 0.588. The van der Waals surface area contributed by atoms with E-state index < -0.39 is 0 Å². The zero-order valence-corrected chi connectivity index (χ0v) is 12.9. The van der Waals surface area contributed by atoms with Crippen molar-refractivity contribution in [2.45, 2.75) is 45.6 Å². The fourth-order valence-corrected chi connectivity index (χ4v) is 2.72. The van der Waals surface area contributed by atoms with Crippen LogP contribution in [0, 0.1) is 13.8 Å². The number of piperidine rings is 1. The summed E-state index contributed by atoms with van der Waals surface area (Å²) in [5, 5.41) is 3.53. The van der Waals surface area contributed by atoms with Gasteiger partial charge in [-0.15, -0.1) is 0 Å². The van der Waals surface area contributed by atoms with Crippen LogP contribution in [0.2, 0.25) is 0 Å². The number of aryl methyl sites for hydroxylation is 2. The van der Waals surface area contributed by atoms with Crippen LogP contribution in [0.5, 0.6) is 0 Å². The summed E-state index contributed by atoms with van der Waals surface area (Å²) < 4.78 is 0. The molecule has 1 aromatic rings. The Hall–Kier alpha value is -1.35. The summed E-state index contributed by atoms with van der Waals surface area (Å²) in [6.45, 7) is 6.07. The average molecular weight is 274 g/mol. The molecule has 2 rings (SSSR count). The van der Waals surface area contributed by atoms with Crippen LogP contribution in [0.1, 0.15) is 47.2 Å². The number of amides is 1. The van der Waals surface area contributed by atoms with Crippen molar-refractivity contribution in [3.05, 3.63) is 34.9 Å². The molecular formula is C17H26N2O. The van der Waals surface area contributed by atoms with Gasteiger partial charge < -0.3 is 10.2 Å². The number of carbonyl (C=O) groups excluding carboxylic acids is 1. The lowest BCUT2D eigenvalue weighted by Gasteiger charge is -2.26. The number of hydrogen-bond acceptors (Lipinski definition) is 2. The lowest BCUT2D eigenvalue weighted by Crippen LogP contribution is -2.38. The number of carbonyl (C=O) groups is 1. The Morgan fingerprint density at radius 1 is 1.30 bits per heavy atom. The largest absolute Gasteiger partial charge is 0.342 e. The Morgan fingerprint density at radius 2 is 2.10 bits per heavy atom. The minimum atomic E-state index is 0.129. The first-order chi connectivity index (χ1) is 9.58. The van der Waals surface area contributed by atoms with Crippen molar-refractivity contribution in [2.75, 3.05) is 20.1 Å². The number of nitrogens with zero attached hydrogens (tertiary/aromatic N) is 1. The number of rotatable bonds is 4. The average Bonchev–Trinajstić information content (AvgIpc) is 2.48. The molecule has 0 aromatic heterocycles. The SMILES string of the molecule is Cc1ccc(C(=O)N(C)CCC2CCCCN2)cc1C. The molecule has 110 valence electrons. The van der Waals surface area contributed by atoms with Crippen LogP contribution in [0.4, 0.5) is 0 Å². The summed E-state index contributed by atoms with van der Waals surface area (Å²) in [7, 11) is 1.90. The van der Waals surface area contributed by atoms with Gasteiger partial charge in [0.05, 0.1) is 0 Å². The smallest absolute Gasteiger partial charge is 0.253 e. The van der Waals surface area contributed by atoms with Crippen molar-refractivity contribution in [1.82, 2.24) is 10.2 Å². The molecule has 1 atom stereocenters. The van der Waals surface area contributed by atoms with Crippen LogP contribution in [0.25, 0.3) is 0 Å². The fourth-order valence-electron chi connectivity index (χ4n) is 2.72. The van der Waals surface area contributed by atoms with Gasteiger partial charge in [0.25, 0.3) is 5.91 Å². The molecule has 1 heterocycles. The van der Waals surface area contributed by atoms with E-state index in [0.717, 1.165) is 25.1 Å². The molecule has 0 spiro atoms. The van der Waals surface area contributed by atoms with E-state index >= 15 is 0 Å². The van der Waals surface area contributed by atoms with Crippen LogP contribution in [0.3, 0.4) is 0 Å². The molecule has 1 aliphatic rings. The van der Waals surface area contributed by atoms with Crippen molar-refractivity contribution >= 4 is 5.91 Å². The van der Waals surface area contributed by atoms with Gasteiger partial charge in [-0.3, -0.25) is 4.79 Å². The van der Waals surface area contributed by atoms with E-state index in [-0.39, 0.29) is 5.91 Å². The van der Waals surface area contributed by atoms with Crippen LogP contribution >= 0.6 is 0 Å². The third-order valence-electron chi connectivity index (χ3n) is 4.33. The van der Waals surface area contributed by atoms with Crippen molar-refractivity contribution in [2.24, 2.45) is 0 Å². The maximum Gasteiger partial charge on any atom is 0.253 e. The molecular weight excluding hydrogens is 248 g/mol. The van der Waals surface area contributed by atoms with Crippen LogP contribution in [0.15, 0.2) is 18.2 Å². The van der Waals surface area contributed by atoms with Gasteiger partial charge in [0.2, 0.25) is 0 Å². The standard InChI is InChI=1S/C17H26N2O/c1-13-7-8-15(12-14(13)2)17(20)19(3)11-9-16-6-4-5-10-18-16/h7-8,12,16,18H,4-6,9-11H2,1-3H3. The molecule has 0 saturated carbocycles. The van der Waals surface area contributed by atoms with Crippen LogP contribution < -0.4 is 5.32 Å². The molecule has 1 amide bonds. The number of benzene rings is 1. The summed E-state index contributed by atoms with van der Waals surface area (Å²) in [6.07, 6.45) is 4.89. The predicted molar refractivity (Wildman–Crippen MR) is 83.1 cm³/mol. The highest BCUT2D eigenvalue weighted by Crippen LogP contribution is 2.13. The molecule has 1 fully saturated rings. The summed E-state index contributed by atoms with van der Waals surface area (Å²) >= 11 is 0. The quantitative estimate of drug-likeness (QED) is 0.915. The van der Waals surface area contributed by atoms with E-state index in [1.165, 1.54) is 30.4 Å². The molecule has 3 heteroatoms. The second-order valence-corrected chi connectivity index (χ2v) is 5.96. The highest BCUT2D eigenvalue weighted by atomic mass is 16.2. The van der Waals surface area contributed by atoms with Gasteiger partial charge in [0, 0.05) is 25.2 Å². The third kappa shape index (κ3) is 3.83. The Labute approximate surface area is 122 Å². The molecule has 0 aliphatic carbocycles. The van der Waals surface area contributed by atoms with E-state index in [1.807, 2.05) is 30.1 Å². The monoisotopic (exact) mass is 274 g/mol. The van der Waals surface area contributed by atoms with E-state index in [4.69, 9.17) is 0 Å². The zero-order chi connectivity index (χ0) is 14.5. The maximum atomic E-state index is 12.4. The first kappa shape index (κ1) is 15.0.